The van der Waals surface area contributed by atoms with Gasteiger partial charge in [0.25, 0.3) is 5.91 Å². The van der Waals surface area contributed by atoms with Crippen molar-refractivity contribution in [2.45, 2.75) is 0 Å². The molecular formula is C21H20ClN3O3S. The summed E-state index contributed by atoms with van der Waals surface area (Å²) in [5, 5.41) is 4.94. The van der Waals surface area contributed by atoms with Gasteiger partial charge in [0.15, 0.2) is 5.17 Å². The van der Waals surface area contributed by atoms with Gasteiger partial charge in [-0.15, -0.1) is 0 Å². The Labute approximate surface area is 178 Å². The van der Waals surface area contributed by atoms with Crippen molar-refractivity contribution in [2.75, 3.05) is 33.4 Å². The van der Waals surface area contributed by atoms with Crippen molar-refractivity contribution in [1.29, 1.82) is 0 Å². The number of aliphatic imine (C=N–C) groups is 1. The lowest BCUT2D eigenvalue weighted by Crippen LogP contribution is -2.51. The second-order valence-electron chi connectivity index (χ2n) is 6.44. The van der Waals surface area contributed by atoms with Gasteiger partial charge in [-0.3, -0.25) is 4.79 Å². The molecule has 2 aromatic rings. The number of halogens is 1. The van der Waals surface area contributed by atoms with E-state index >= 15 is 0 Å². The molecule has 0 unspecified atom stereocenters. The lowest BCUT2D eigenvalue weighted by atomic mass is 10.2. The van der Waals surface area contributed by atoms with Crippen molar-refractivity contribution < 1.29 is 14.3 Å². The molecular weight excluding hydrogens is 410 g/mol. The van der Waals surface area contributed by atoms with Gasteiger partial charge in [0.2, 0.25) is 0 Å². The monoisotopic (exact) mass is 429 g/mol. The first kappa shape index (κ1) is 20.0. The van der Waals surface area contributed by atoms with E-state index in [1.807, 2.05) is 59.6 Å². The number of carbonyl (C=O) groups is 1. The number of ether oxygens (including phenoxy) is 2. The van der Waals surface area contributed by atoms with Crippen molar-refractivity contribution in [3.8, 4) is 5.75 Å². The Kier molecular flexibility index (Phi) is 6.20. The Hall–Kier alpha value is -2.32. The number of benzene rings is 2. The summed E-state index contributed by atoms with van der Waals surface area (Å²) in [5.74, 6) is 0.677. The molecule has 0 N–H and O–H groups in total. The molecule has 1 amide bonds. The van der Waals surface area contributed by atoms with Crippen molar-refractivity contribution in [3.05, 3.63) is 64.0 Å². The van der Waals surface area contributed by atoms with Crippen LogP contribution >= 0.6 is 23.4 Å². The highest BCUT2D eigenvalue weighted by molar-refractivity contribution is 8.18. The third kappa shape index (κ3) is 4.64. The molecule has 2 fully saturated rings. The van der Waals surface area contributed by atoms with E-state index in [0.717, 1.165) is 17.0 Å². The second kappa shape index (κ2) is 9.00. The van der Waals surface area contributed by atoms with E-state index < -0.39 is 0 Å². The third-order valence-electron chi connectivity index (χ3n) is 4.52. The molecule has 4 rings (SSSR count). The summed E-state index contributed by atoms with van der Waals surface area (Å²) < 4.78 is 10.6. The van der Waals surface area contributed by atoms with Gasteiger partial charge in [0.05, 0.1) is 30.9 Å². The highest BCUT2D eigenvalue weighted by Crippen LogP contribution is 2.35. The van der Waals surface area contributed by atoms with E-state index in [-0.39, 0.29) is 5.91 Å². The number of hydrazine groups is 1. The Bertz CT molecular complexity index is 939. The van der Waals surface area contributed by atoms with E-state index in [0.29, 0.717) is 41.4 Å². The van der Waals surface area contributed by atoms with Crippen LogP contribution in [-0.2, 0) is 9.53 Å². The quantitative estimate of drug-likeness (QED) is 0.682. The normalized spacial score (nSPS) is 20.6. The van der Waals surface area contributed by atoms with Gasteiger partial charge < -0.3 is 9.47 Å². The Morgan fingerprint density at radius 2 is 1.79 bits per heavy atom. The maximum atomic E-state index is 13.2. The average Bonchev–Trinajstić information content (AvgIpc) is 3.05. The molecule has 0 radical (unpaired) electrons. The second-order valence-corrected chi connectivity index (χ2v) is 7.88. The SMILES string of the molecule is COc1ccc(N=C2S/C(=C\c3ccc(Cl)cc3)C(=O)N2N2CCOCC2)cc1. The molecule has 2 aromatic carbocycles. The highest BCUT2D eigenvalue weighted by atomic mass is 35.5. The first-order valence-corrected chi connectivity index (χ1v) is 10.4. The minimum atomic E-state index is -0.0842. The Balaban J connectivity index is 1.67. The number of rotatable bonds is 4. The van der Waals surface area contributed by atoms with Crippen LogP contribution in [0.25, 0.3) is 6.08 Å². The predicted molar refractivity (Wildman–Crippen MR) is 116 cm³/mol. The van der Waals surface area contributed by atoms with Crippen LogP contribution in [0.3, 0.4) is 0 Å². The summed E-state index contributed by atoms with van der Waals surface area (Å²) in [6.45, 7) is 2.45. The molecule has 29 heavy (non-hydrogen) atoms. The number of amidine groups is 1. The zero-order valence-electron chi connectivity index (χ0n) is 15.9. The van der Waals surface area contributed by atoms with Crippen molar-refractivity contribution in [1.82, 2.24) is 10.0 Å². The fourth-order valence-electron chi connectivity index (χ4n) is 3.02. The molecule has 2 aliphatic rings. The van der Waals surface area contributed by atoms with Gasteiger partial charge in [0, 0.05) is 18.1 Å². The fourth-order valence-corrected chi connectivity index (χ4v) is 4.15. The molecule has 0 bridgehead atoms. The summed E-state index contributed by atoms with van der Waals surface area (Å²) in [7, 11) is 1.63. The third-order valence-corrected chi connectivity index (χ3v) is 5.73. The molecule has 2 aliphatic heterocycles. The lowest BCUT2D eigenvalue weighted by Gasteiger charge is -2.33. The topological polar surface area (TPSA) is 54.4 Å². The molecule has 0 aliphatic carbocycles. The molecule has 0 aromatic heterocycles. The van der Waals surface area contributed by atoms with Gasteiger partial charge in [-0.2, -0.15) is 0 Å². The standard InChI is InChI=1S/C21H20ClN3O3S/c1-27-18-8-6-17(7-9-18)23-21-25(24-10-12-28-13-11-24)20(26)19(29-21)14-15-2-4-16(22)5-3-15/h2-9,14H,10-13H2,1H3/b19-14-,23-21?. The molecule has 0 saturated carbocycles. The van der Waals surface area contributed by atoms with Crippen LogP contribution in [0.2, 0.25) is 5.02 Å². The average molecular weight is 430 g/mol. The number of nitrogens with zero attached hydrogens (tertiary/aromatic N) is 3. The van der Waals surface area contributed by atoms with Gasteiger partial charge in [-0.1, -0.05) is 23.7 Å². The zero-order valence-corrected chi connectivity index (χ0v) is 17.4. The van der Waals surface area contributed by atoms with E-state index in [1.54, 1.807) is 12.1 Å². The van der Waals surface area contributed by atoms with E-state index in [4.69, 9.17) is 26.1 Å². The van der Waals surface area contributed by atoms with Crippen LogP contribution in [0.4, 0.5) is 5.69 Å². The summed E-state index contributed by atoms with van der Waals surface area (Å²) >= 11 is 7.33. The predicted octanol–water partition coefficient (Wildman–Crippen LogP) is 4.20. The summed E-state index contributed by atoms with van der Waals surface area (Å²) in [4.78, 5) is 18.6. The van der Waals surface area contributed by atoms with Gasteiger partial charge in [-0.05, 0) is 59.8 Å². The molecule has 0 atom stereocenters. The number of thioether (sulfide) groups is 1. The van der Waals surface area contributed by atoms with Crippen molar-refractivity contribution >= 4 is 46.2 Å². The number of hydrogen-bond acceptors (Lipinski definition) is 6. The number of morpholine rings is 1. The van der Waals surface area contributed by atoms with Crippen LogP contribution in [0.15, 0.2) is 58.4 Å². The smallest absolute Gasteiger partial charge is 0.281 e. The van der Waals surface area contributed by atoms with Crippen molar-refractivity contribution in [3.63, 3.8) is 0 Å². The Morgan fingerprint density at radius 1 is 1.10 bits per heavy atom. The molecule has 2 saturated heterocycles. The lowest BCUT2D eigenvalue weighted by molar-refractivity contribution is -0.138. The van der Waals surface area contributed by atoms with Crippen LogP contribution in [0.5, 0.6) is 5.75 Å². The summed E-state index contributed by atoms with van der Waals surface area (Å²) in [6, 6.07) is 14.8. The van der Waals surface area contributed by atoms with Crippen LogP contribution < -0.4 is 4.74 Å². The van der Waals surface area contributed by atoms with E-state index in [9.17, 15) is 4.79 Å². The number of hydrogen-bond donors (Lipinski definition) is 0. The molecule has 150 valence electrons. The van der Waals surface area contributed by atoms with Crippen LogP contribution in [-0.4, -0.2) is 54.5 Å². The van der Waals surface area contributed by atoms with Crippen molar-refractivity contribution in [2.24, 2.45) is 4.99 Å². The fraction of sp³-hybridized carbons (Fsp3) is 0.238. The first-order chi connectivity index (χ1) is 14.1. The van der Waals surface area contributed by atoms with Gasteiger partial charge in [-0.25, -0.2) is 15.0 Å². The maximum Gasteiger partial charge on any atom is 0.281 e. The van der Waals surface area contributed by atoms with E-state index in [1.165, 1.54) is 11.8 Å². The molecule has 2 heterocycles. The summed E-state index contributed by atoms with van der Waals surface area (Å²) in [5.41, 5.74) is 1.67. The van der Waals surface area contributed by atoms with Crippen LogP contribution in [0.1, 0.15) is 5.56 Å². The minimum Gasteiger partial charge on any atom is -0.497 e. The van der Waals surface area contributed by atoms with Gasteiger partial charge in [0.1, 0.15) is 5.75 Å². The Morgan fingerprint density at radius 3 is 2.45 bits per heavy atom. The van der Waals surface area contributed by atoms with E-state index in [2.05, 4.69) is 0 Å². The largest absolute Gasteiger partial charge is 0.497 e. The number of carbonyl (C=O) groups excluding carboxylic acids is 1. The molecule has 8 heteroatoms. The van der Waals surface area contributed by atoms with Crippen LogP contribution in [0, 0.1) is 0 Å². The molecule has 6 nitrogen and oxygen atoms in total. The zero-order chi connectivity index (χ0) is 20.2. The highest BCUT2D eigenvalue weighted by Gasteiger charge is 2.38. The van der Waals surface area contributed by atoms with Gasteiger partial charge >= 0.3 is 0 Å². The maximum absolute atomic E-state index is 13.2. The number of methoxy groups -OCH3 is 1. The number of amides is 1. The minimum absolute atomic E-state index is 0.0842. The summed E-state index contributed by atoms with van der Waals surface area (Å²) in [6.07, 6.45) is 1.87. The molecule has 0 spiro atoms. The first-order valence-electron chi connectivity index (χ1n) is 9.19.